The first-order chi connectivity index (χ1) is 9.04. The monoisotopic (exact) mass is 266 g/mol. The van der Waals surface area contributed by atoms with E-state index in [2.05, 4.69) is 30.6 Å². The lowest BCUT2D eigenvalue weighted by Gasteiger charge is -2.54. The predicted molar refractivity (Wildman–Crippen MR) is 79.1 cm³/mol. The Morgan fingerprint density at radius 1 is 1.21 bits per heavy atom. The molecule has 0 radical (unpaired) electrons. The van der Waals surface area contributed by atoms with E-state index in [1.54, 1.807) is 0 Å². The molecule has 19 heavy (non-hydrogen) atoms. The Kier molecular flexibility index (Phi) is 4.88. The fraction of sp³-hybridized carbons (Fsp3) is 0.938. The topological polar surface area (TPSA) is 23.6 Å². The van der Waals surface area contributed by atoms with Crippen molar-refractivity contribution in [3.63, 3.8) is 0 Å². The van der Waals surface area contributed by atoms with Crippen molar-refractivity contribution in [1.29, 1.82) is 0 Å². The van der Waals surface area contributed by atoms with Gasteiger partial charge in [-0.25, -0.2) is 0 Å². The molecule has 0 aromatic carbocycles. The first-order valence-electron chi connectivity index (χ1n) is 8.05. The molecule has 0 bridgehead atoms. The number of carbonyl (C=O) groups excluding carboxylic acids is 1. The number of piperidine rings is 1. The molecule has 2 aliphatic heterocycles. The maximum Gasteiger partial charge on any atom is 0.222 e. The van der Waals surface area contributed by atoms with Gasteiger partial charge >= 0.3 is 0 Å². The minimum atomic E-state index is 0.393. The summed E-state index contributed by atoms with van der Waals surface area (Å²) in [4.78, 5) is 16.7. The first kappa shape index (κ1) is 14.8. The molecule has 2 heterocycles. The summed E-state index contributed by atoms with van der Waals surface area (Å²) in [5, 5.41) is 0. The third-order valence-electron chi connectivity index (χ3n) is 4.94. The van der Waals surface area contributed by atoms with Gasteiger partial charge in [0, 0.05) is 24.9 Å². The lowest BCUT2D eigenvalue weighted by molar-refractivity contribution is -0.146. The Hall–Kier alpha value is -0.570. The molecule has 2 aliphatic rings. The Morgan fingerprint density at radius 3 is 2.37 bits per heavy atom. The molecule has 0 aromatic heterocycles. The summed E-state index contributed by atoms with van der Waals surface area (Å²) in [5.74, 6) is 1.11. The third-order valence-corrected chi connectivity index (χ3v) is 4.94. The van der Waals surface area contributed by atoms with Gasteiger partial charge in [-0.15, -0.1) is 0 Å². The summed E-state index contributed by atoms with van der Waals surface area (Å²) >= 11 is 0. The molecule has 0 N–H and O–H groups in total. The minimum absolute atomic E-state index is 0.393. The van der Waals surface area contributed by atoms with Crippen molar-refractivity contribution in [2.45, 2.75) is 52.9 Å². The van der Waals surface area contributed by atoms with Gasteiger partial charge in [0.2, 0.25) is 5.91 Å². The summed E-state index contributed by atoms with van der Waals surface area (Å²) < 4.78 is 0. The van der Waals surface area contributed by atoms with Crippen molar-refractivity contribution in [1.82, 2.24) is 9.80 Å². The lowest BCUT2D eigenvalue weighted by atomic mass is 9.72. The second kappa shape index (κ2) is 6.25. The molecule has 0 aliphatic carbocycles. The zero-order valence-corrected chi connectivity index (χ0v) is 13.0. The van der Waals surface area contributed by atoms with Crippen LogP contribution < -0.4 is 0 Å². The van der Waals surface area contributed by atoms with Crippen LogP contribution in [0.1, 0.15) is 52.9 Å². The van der Waals surface area contributed by atoms with E-state index in [9.17, 15) is 4.79 Å². The second-order valence-corrected chi connectivity index (χ2v) is 6.97. The highest BCUT2D eigenvalue weighted by Crippen LogP contribution is 2.40. The van der Waals surface area contributed by atoms with Crippen LogP contribution in [0.5, 0.6) is 0 Å². The van der Waals surface area contributed by atoms with E-state index in [-0.39, 0.29) is 0 Å². The van der Waals surface area contributed by atoms with Crippen molar-refractivity contribution in [3.8, 4) is 0 Å². The minimum Gasteiger partial charge on any atom is -0.341 e. The van der Waals surface area contributed by atoms with E-state index >= 15 is 0 Å². The Bertz CT molecular complexity index is 298. The quantitative estimate of drug-likeness (QED) is 0.764. The molecule has 0 aromatic rings. The molecular weight excluding hydrogens is 236 g/mol. The van der Waals surface area contributed by atoms with Gasteiger partial charge in [-0.1, -0.05) is 27.2 Å². The number of likely N-dealkylation sites (tertiary alicyclic amines) is 2. The number of hydrogen-bond acceptors (Lipinski definition) is 2. The van der Waals surface area contributed by atoms with Crippen molar-refractivity contribution in [2.24, 2.45) is 11.3 Å². The maximum absolute atomic E-state index is 12.1. The molecule has 0 atom stereocenters. The Balaban J connectivity index is 1.66. The number of nitrogens with zero attached hydrogens (tertiary/aromatic N) is 2. The molecule has 0 unspecified atom stereocenters. The fourth-order valence-electron chi connectivity index (χ4n) is 3.42. The highest BCUT2D eigenvalue weighted by atomic mass is 16.2. The van der Waals surface area contributed by atoms with Crippen LogP contribution in [0.25, 0.3) is 0 Å². The van der Waals surface area contributed by atoms with Crippen molar-refractivity contribution in [3.05, 3.63) is 0 Å². The smallest absolute Gasteiger partial charge is 0.222 e. The SMILES string of the molecule is CCN1CCC2(CC1)CN(C(=O)CCCC(C)C)C2. The zero-order chi connectivity index (χ0) is 13.9. The Labute approximate surface area is 118 Å². The van der Waals surface area contributed by atoms with E-state index in [1.165, 1.54) is 38.9 Å². The number of carbonyl (C=O) groups is 1. The molecule has 0 saturated carbocycles. The zero-order valence-electron chi connectivity index (χ0n) is 13.0. The number of hydrogen-bond donors (Lipinski definition) is 0. The van der Waals surface area contributed by atoms with E-state index in [1.807, 2.05) is 0 Å². The number of rotatable bonds is 5. The third kappa shape index (κ3) is 3.71. The maximum atomic E-state index is 12.1. The van der Waals surface area contributed by atoms with E-state index in [4.69, 9.17) is 0 Å². The van der Waals surface area contributed by atoms with Crippen LogP contribution in [0.2, 0.25) is 0 Å². The van der Waals surface area contributed by atoms with Crippen LogP contribution in [0, 0.1) is 11.3 Å². The number of amides is 1. The summed E-state index contributed by atoms with van der Waals surface area (Å²) in [7, 11) is 0. The standard InChI is InChI=1S/C16H30N2O/c1-4-17-10-8-16(9-11-17)12-18(13-16)15(19)7-5-6-14(2)3/h14H,4-13H2,1-3H3. The molecule has 2 fully saturated rings. The average molecular weight is 266 g/mol. The molecule has 110 valence electrons. The summed E-state index contributed by atoms with van der Waals surface area (Å²) in [6, 6.07) is 0. The van der Waals surface area contributed by atoms with E-state index in [0.29, 0.717) is 17.2 Å². The van der Waals surface area contributed by atoms with Crippen LogP contribution in [0.4, 0.5) is 0 Å². The molecule has 2 saturated heterocycles. The van der Waals surface area contributed by atoms with Crippen LogP contribution in [-0.2, 0) is 4.79 Å². The molecule has 2 rings (SSSR count). The van der Waals surface area contributed by atoms with Gasteiger partial charge in [0.1, 0.15) is 0 Å². The molecular formula is C16H30N2O. The van der Waals surface area contributed by atoms with Crippen molar-refractivity contribution < 1.29 is 4.79 Å². The summed E-state index contributed by atoms with van der Waals surface area (Å²) in [6.07, 6.45) is 5.57. The van der Waals surface area contributed by atoms with Gasteiger partial charge < -0.3 is 9.80 Å². The lowest BCUT2D eigenvalue weighted by Crippen LogP contribution is -2.61. The molecule has 1 amide bonds. The normalized spacial score (nSPS) is 22.8. The van der Waals surface area contributed by atoms with Crippen molar-refractivity contribution >= 4 is 5.91 Å². The van der Waals surface area contributed by atoms with Crippen LogP contribution in [0.3, 0.4) is 0 Å². The first-order valence-corrected chi connectivity index (χ1v) is 8.05. The highest BCUT2D eigenvalue weighted by Gasteiger charge is 2.45. The van der Waals surface area contributed by atoms with Gasteiger partial charge in [0.05, 0.1) is 0 Å². The summed E-state index contributed by atoms with van der Waals surface area (Å²) in [6.45, 7) is 12.4. The highest BCUT2D eigenvalue weighted by molar-refractivity contribution is 5.77. The van der Waals surface area contributed by atoms with Crippen LogP contribution >= 0.6 is 0 Å². The van der Waals surface area contributed by atoms with Gasteiger partial charge in [-0.2, -0.15) is 0 Å². The van der Waals surface area contributed by atoms with Crippen molar-refractivity contribution in [2.75, 3.05) is 32.7 Å². The summed E-state index contributed by atoms with van der Waals surface area (Å²) in [5.41, 5.74) is 0.485. The van der Waals surface area contributed by atoms with Gasteiger partial charge in [0.15, 0.2) is 0 Å². The molecule has 3 heteroatoms. The molecule has 1 spiro atoms. The average Bonchev–Trinajstić information content (AvgIpc) is 2.35. The Morgan fingerprint density at radius 2 is 1.84 bits per heavy atom. The van der Waals surface area contributed by atoms with Gasteiger partial charge in [0.25, 0.3) is 0 Å². The second-order valence-electron chi connectivity index (χ2n) is 6.97. The van der Waals surface area contributed by atoms with E-state index in [0.717, 1.165) is 25.9 Å². The van der Waals surface area contributed by atoms with Gasteiger partial charge in [-0.05, 0) is 44.8 Å². The van der Waals surface area contributed by atoms with Crippen LogP contribution in [0.15, 0.2) is 0 Å². The fourth-order valence-corrected chi connectivity index (χ4v) is 3.42. The molecule has 3 nitrogen and oxygen atoms in total. The van der Waals surface area contributed by atoms with E-state index < -0.39 is 0 Å². The predicted octanol–water partition coefficient (Wildman–Crippen LogP) is 2.76. The van der Waals surface area contributed by atoms with Crippen LogP contribution in [-0.4, -0.2) is 48.4 Å². The largest absolute Gasteiger partial charge is 0.341 e. The van der Waals surface area contributed by atoms with Gasteiger partial charge in [-0.3, -0.25) is 4.79 Å².